The van der Waals surface area contributed by atoms with Crippen LogP contribution in [0.2, 0.25) is 0 Å². The second kappa shape index (κ2) is 5.04. The number of nitrogens with zero attached hydrogens (tertiary/aromatic N) is 1. The highest BCUT2D eigenvalue weighted by atomic mass is 32.2. The van der Waals surface area contributed by atoms with E-state index in [1.165, 1.54) is 13.1 Å². The lowest BCUT2D eigenvalue weighted by Gasteiger charge is -2.35. The van der Waals surface area contributed by atoms with Gasteiger partial charge in [-0.25, -0.2) is 0 Å². The second-order valence-corrected chi connectivity index (χ2v) is 6.85. The van der Waals surface area contributed by atoms with E-state index < -0.39 is 0 Å². The van der Waals surface area contributed by atoms with Gasteiger partial charge in [0.25, 0.3) is 0 Å². The van der Waals surface area contributed by atoms with Gasteiger partial charge in [0.05, 0.1) is 6.10 Å². The van der Waals surface area contributed by atoms with Crippen LogP contribution in [0.1, 0.15) is 20.3 Å². The lowest BCUT2D eigenvalue weighted by atomic mass is 10.2. The molecule has 0 amide bonds. The molecule has 0 bridgehead atoms. The number of hydrogen-bond acceptors (Lipinski definition) is 4. The molecule has 2 heterocycles. The van der Waals surface area contributed by atoms with Crippen LogP contribution < -0.4 is 5.32 Å². The molecule has 2 aliphatic heterocycles. The van der Waals surface area contributed by atoms with Crippen LogP contribution in [0, 0.1) is 0 Å². The Balaban J connectivity index is 1.78. The van der Waals surface area contributed by atoms with Gasteiger partial charge < -0.3 is 10.4 Å². The third kappa shape index (κ3) is 3.34. The van der Waals surface area contributed by atoms with Gasteiger partial charge in [-0.2, -0.15) is 11.8 Å². The Hall–Kier alpha value is 0.230. The SMILES string of the molecule is CC1CN(CC2CC(O)CN2)CC(C)S1. The molecular weight excluding hydrogens is 208 g/mol. The van der Waals surface area contributed by atoms with Gasteiger partial charge in [0, 0.05) is 42.7 Å². The first-order valence-corrected chi connectivity index (χ1v) is 6.87. The minimum Gasteiger partial charge on any atom is -0.392 e. The predicted molar refractivity (Wildman–Crippen MR) is 65.4 cm³/mol. The van der Waals surface area contributed by atoms with Crippen LogP contribution in [0.25, 0.3) is 0 Å². The zero-order chi connectivity index (χ0) is 10.8. The topological polar surface area (TPSA) is 35.5 Å². The maximum Gasteiger partial charge on any atom is 0.0680 e. The zero-order valence-electron chi connectivity index (χ0n) is 9.65. The number of β-amino-alcohol motifs (C(OH)–C–C–N with tert-alkyl or cyclic N) is 1. The van der Waals surface area contributed by atoms with E-state index in [4.69, 9.17) is 0 Å². The Morgan fingerprint density at radius 1 is 1.33 bits per heavy atom. The Morgan fingerprint density at radius 3 is 2.53 bits per heavy atom. The largest absolute Gasteiger partial charge is 0.392 e. The van der Waals surface area contributed by atoms with Crippen LogP contribution in [0.4, 0.5) is 0 Å². The van der Waals surface area contributed by atoms with Crippen molar-refractivity contribution >= 4 is 11.8 Å². The van der Waals surface area contributed by atoms with Crippen molar-refractivity contribution in [2.24, 2.45) is 0 Å². The minimum atomic E-state index is -0.121. The highest BCUT2D eigenvalue weighted by Gasteiger charge is 2.27. The lowest BCUT2D eigenvalue weighted by molar-refractivity contribution is 0.186. The fourth-order valence-corrected chi connectivity index (χ4v) is 4.07. The minimum absolute atomic E-state index is 0.121. The number of aliphatic hydroxyl groups excluding tert-OH is 1. The fourth-order valence-electron chi connectivity index (χ4n) is 2.68. The molecule has 0 saturated carbocycles. The van der Waals surface area contributed by atoms with Gasteiger partial charge in [-0.1, -0.05) is 13.8 Å². The van der Waals surface area contributed by atoms with Crippen molar-refractivity contribution in [3.8, 4) is 0 Å². The maximum absolute atomic E-state index is 9.45. The first kappa shape index (κ1) is 11.7. The molecule has 88 valence electrons. The van der Waals surface area contributed by atoms with Crippen LogP contribution in [-0.2, 0) is 0 Å². The zero-order valence-corrected chi connectivity index (χ0v) is 10.5. The van der Waals surface area contributed by atoms with Crippen molar-refractivity contribution in [2.45, 2.75) is 42.9 Å². The van der Waals surface area contributed by atoms with Crippen LogP contribution in [-0.4, -0.2) is 58.8 Å². The molecule has 0 aromatic heterocycles. The molecule has 0 spiro atoms. The summed E-state index contributed by atoms with van der Waals surface area (Å²) < 4.78 is 0. The third-order valence-corrected chi connectivity index (χ3v) is 4.40. The van der Waals surface area contributed by atoms with Crippen molar-refractivity contribution in [1.82, 2.24) is 10.2 Å². The average molecular weight is 230 g/mol. The molecule has 2 N–H and O–H groups in total. The van der Waals surface area contributed by atoms with Gasteiger partial charge in [-0.05, 0) is 6.42 Å². The Kier molecular flexibility index (Phi) is 3.93. The third-order valence-electron chi connectivity index (χ3n) is 3.17. The molecule has 4 heteroatoms. The molecule has 3 nitrogen and oxygen atoms in total. The van der Waals surface area contributed by atoms with E-state index >= 15 is 0 Å². The lowest BCUT2D eigenvalue weighted by Crippen LogP contribution is -2.46. The summed E-state index contributed by atoms with van der Waals surface area (Å²) in [7, 11) is 0. The van der Waals surface area contributed by atoms with Gasteiger partial charge >= 0.3 is 0 Å². The standard InChI is InChI=1S/C11H22N2OS/c1-8-5-13(6-9(2)15-8)7-10-3-11(14)4-12-10/h8-12,14H,3-7H2,1-2H3. The number of nitrogens with one attached hydrogen (secondary N) is 1. The van der Waals surface area contributed by atoms with E-state index in [0.717, 1.165) is 30.0 Å². The van der Waals surface area contributed by atoms with E-state index in [1.807, 2.05) is 0 Å². The Labute approximate surface area is 96.6 Å². The summed E-state index contributed by atoms with van der Waals surface area (Å²) in [5.74, 6) is 0. The molecule has 4 atom stereocenters. The summed E-state index contributed by atoms with van der Waals surface area (Å²) in [6.45, 7) is 8.89. The van der Waals surface area contributed by atoms with E-state index in [2.05, 4.69) is 35.8 Å². The summed E-state index contributed by atoms with van der Waals surface area (Å²) in [5, 5.41) is 14.3. The van der Waals surface area contributed by atoms with Crippen LogP contribution in [0.3, 0.4) is 0 Å². The first-order valence-electron chi connectivity index (χ1n) is 5.92. The van der Waals surface area contributed by atoms with Crippen molar-refractivity contribution in [3.63, 3.8) is 0 Å². The van der Waals surface area contributed by atoms with Crippen molar-refractivity contribution in [2.75, 3.05) is 26.2 Å². The molecule has 0 aromatic carbocycles. The maximum atomic E-state index is 9.45. The molecule has 15 heavy (non-hydrogen) atoms. The van der Waals surface area contributed by atoms with E-state index in [0.29, 0.717) is 6.04 Å². The monoisotopic (exact) mass is 230 g/mol. The number of aliphatic hydroxyl groups is 1. The van der Waals surface area contributed by atoms with Gasteiger partial charge in [0.15, 0.2) is 0 Å². The molecule has 2 aliphatic rings. The molecule has 2 rings (SSSR count). The molecule has 0 aromatic rings. The van der Waals surface area contributed by atoms with Gasteiger partial charge in [0.1, 0.15) is 0 Å². The van der Waals surface area contributed by atoms with Crippen molar-refractivity contribution in [3.05, 3.63) is 0 Å². The summed E-state index contributed by atoms with van der Waals surface area (Å²) >= 11 is 2.09. The predicted octanol–water partition coefficient (Wildman–Crippen LogP) is 0.535. The molecule has 2 fully saturated rings. The quantitative estimate of drug-likeness (QED) is 0.726. The van der Waals surface area contributed by atoms with Crippen LogP contribution in [0.5, 0.6) is 0 Å². The second-order valence-electron chi connectivity index (χ2n) is 4.97. The van der Waals surface area contributed by atoms with E-state index in [9.17, 15) is 5.11 Å². The Bertz CT molecular complexity index is 205. The molecular formula is C11H22N2OS. The molecule has 0 aliphatic carbocycles. The van der Waals surface area contributed by atoms with Gasteiger partial charge in [-0.3, -0.25) is 4.90 Å². The number of thioether (sulfide) groups is 1. The summed E-state index contributed by atoms with van der Waals surface area (Å²) in [6.07, 6.45) is 0.802. The molecule has 0 radical (unpaired) electrons. The highest BCUT2D eigenvalue weighted by Crippen LogP contribution is 2.25. The van der Waals surface area contributed by atoms with Crippen LogP contribution >= 0.6 is 11.8 Å². The van der Waals surface area contributed by atoms with Crippen LogP contribution in [0.15, 0.2) is 0 Å². The van der Waals surface area contributed by atoms with Crippen molar-refractivity contribution in [1.29, 1.82) is 0 Å². The summed E-state index contributed by atoms with van der Waals surface area (Å²) in [4.78, 5) is 2.54. The normalized spacial score (nSPS) is 43.4. The van der Waals surface area contributed by atoms with E-state index in [1.54, 1.807) is 0 Å². The summed E-state index contributed by atoms with van der Waals surface area (Å²) in [6, 6.07) is 0.502. The van der Waals surface area contributed by atoms with Gasteiger partial charge in [-0.15, -0.1) is 0 Å². The fraction of sp³-hybridized carbons (Fsp3) is 1.00. The smallest absolute Gasteiger partial charge is 0.0680 e. The average Bonchev–Trinajstić information content (AvgIpc) is 2.49. The van der Waals surface area contributed by atoms with Crippen molar-refractivity contribution < 1.29 is 5.11 Å². The summed E-state index contributed by atoms with van der Waals surface area (Å²) in [5.41, 5.74) is 0. The molecule has 2 saturated heterocycles. The molecule has 4 unspecified atom stereocenters. The van der Waals surface area contributed by atoms with Gasteiger partial charge in [0.2, 0.25) is 0 Å². The number of hydrogen-bond donors (Lipinski definition) is 2. The first-order chi connectivity index (χ1) is 7.13. The Morgan fingerprint density at radius 2 is 2.00 bits per heavy atom. The highest BCUT2D eigenvalue weighted by molar-refractivity contribution is 8.00. The van der Waals surface area contributed by atoms with E-state index in [-0.39, 0.29) is 6.10 Å². The number of rotatable bonds is 2.